The van der Waals surface area contributed by atoms with E-state index in [1.165, 1.54) is 64.2 Å². The van der Waals surface area contributed by atoms with Gasteiger partial charge >= 0.3 is 17.1 Å². The van der Waals surface area contributed by atoms with Crippen molar-refractivity contribution in [2.45, 2.75) is 91.9 Å². The summed E-state index contributed by atoms with van der Waals surface area (Å²) in [6, 6.07) is 0. The Hall–Kier alpha value is 0.739. The third-order valence-electron chi connectivity index (χ3n) is 4.14. The molecule has 0 aliphatic carbocycles. The first-order valence-corrected chi connectivity index (χ1v) is 12.0. The van der Waals surface area contributed by atoms with Crippen molar-refractivity contribution < 1.29 is 17.1 Å². The molecule has 0 saturated carbocycles. The van der Waals surface area contributed by atoms with Crippen molar-refractivity contribution >= 4 is 58.3 Å². The quantitative estimate of drug-likeness (QED) is 0.120. The Morgan fingerprint density at radius 2 is 0.815 bits per heavy atom. The molecule has 0 unspecified atom stereocenters. The van der Waals surface area contributed by atoms with Crippen molar-refractivity contribution in [1.82, 2.24) is 9.80 Å². The molecule has 27 heavy (non-hydrogen) atoms. The second-order valence-corrected chi connectivity index (χ2v) is 8.69. The first-order valence-electron chi connectivity index (χ1n) is 10.4. The van der Waals surface area contributed by atoms with E-state index in [4.69, 9.17) is 49.7 Å². The van der Waals surface area contributed by atoms with Gasteiger partial charge in [-0.3, -0.25) is 0 Å². The van der Waals surface area contributed by atoms with Gasteiger partial charge in [-0.2, -0.15) is 0 Å². The summed E-state index contributed by atoms with van der Waals surface area (Å²) in [4.78, 5) is 4.31. The van der Waals surface area contributed by atoms with Crippen LogP contribution in [0.5, 0.6) is 0 Å². The number of nitrogens with zero attached hydrogens (tertiary/aromatic N) is 2. The van der Waals surface area contributed by atoms with E-state index >= 15 is 0 Å². The molecule has 0 N–H and O–H groups in total. The molecular weight excluding hydrogens is 460 g/mol. The molecule has 0 aliphatic heterocycles. The number of rotatable bonds is 14. The monoisotopic (exact) mass is 499 g/mol. The van der Waals surface area contributed by atoms with Crippen LogP contribution in [0.15, 0.2) is 0 Å². The van der Waals surface area contributed by atoms with Crippen molar-refractivity contribution in [3.8, 4) is 0 Å². The van der Waals surface area contributed by atoms with Gasteiger partial charge in [0, 0.05) is 26.2 Å². The van der Waals surface area contributed by atoms with Crippen LogP contribution in [0.3, 0.4) is 0 Å². The predicted molar refractivity (Wildman–Crippen MR) is 132 cm³/mol. The molecule has 7 heteroatoms. The smallest absolute Gasteiger partial charge is 0.411 e. The van der Waals surface area contributed by atoms with E-state index in [1.54, 1.807) is 0 Å². The fraction of sp³-hybridized carbons (Fsp3) is 0.900. The fourth-order valence-corrected chi connectivity index (χ4v) is 3.12. The van der Waals surface area contributed by atoms with Crippen LogP contribution in [0.25, 0.3) is 0 Å². The van der Waals surface area contributed by atoms with E-state index < -0.39 is 0 Å². The van der Waals surface area contributed by atoms with Gasteiger partial charge in [-0.15, -0.1) is 0 Å². The van der Waals surface area contributed by atoms with Gasteiger partial charge in [0.05, 0.1) is 0 Å². The third kappa shape index (κ3) is 22.9. The van der Waals surface area contributed by atoms with Crippen LogP contribution in [0.4, 0.5) is 0 Å². The first kappa shape index (κ1) is 32.4. The molecule has 0 amide bonds. The van der Waals surface area contributed by atoms with Crippen molar-refractivity contribution in [2.24, 2.45) is 0 Å². The van der Waals surface area contributed by atoms with Crippen molar-refractivity contribution in [1.29, 1.82) is 0 Å². The Morgan fingerprint density at radius 3 is 1.04 bits per heavy atom. The maximum atomic E-state index is 5.02. The third-order valence-corrected chi connectivity index (χ3v) is 5.18. The van der Waals surface area contributed by atoms with Crippen LogP contribution in [0, 0.1) is 0 Å². The average Bonchev–Trinajstić information content (AvgIpc) is 2.61. The van der Waals surface area contributed by atoms with Gasteiger partial charge in [0.2, 0.25) is 0 Å². The molecule has 0 saturated heterocycles. The van der Waals surface area contributed by atoms with E-state index in [0.717, 1.165) is 26.2 Å². The molecule has 0 bridgehead atoms. The van der Waals surface area contributed by atoms with Crippen LogP contribution in [-0.4, -0.2) is 44.6 Å². The molecule has 0 rings (SSSR count). The summed E-state index contributed by atoms with van der Waals surface area (Å²) in [7, 11) is 0. The number of thiocarbonyl (C=S) groups is 2. The van der Waals surface area contributed by atoms with E-state index in [-0.39, 0.29) is 17.1 Å². The van der Waals surface area contributed by atoms with Crippen LogP contribution >= 0.6 is 24.4 Å². The summed E-state index contributed by atoms with van der Waals surface area (Å²) in [5.41, 5.74) is 0. The molecule has 0 aliphatic rings. The first-order chi connectivity index (χ1) is 12.4. The molecule has 0 heterocycles. The zero-order valence-electron chi connectivity index (χ0n) is 17.7. The van der Waals surface area contributed by atoms with Crippen molar-refractivity contribution in [3.63, 3.8) is 0 Å². The summed E-state index contributed by atoms with van der Waals surface area (Å²) in [5.74, 6) is 0. The van der Waals surface area contributed by atoms with E-state index in [0.29, 0.717) is 8.64 Å². The van der Waals surface area contributed by atoms with E-state index in [9.17, 15) is 0 Å². The normalized spacial score (nSPS) is 9.63. The van der Waals surface area contributed by atoms with Gasteiger partial charge in [-0.05, 0) is 25.7 Å². The molecule has 1 radical (unpaired) electrons. The van der Waals surface area contributed by atoms with Crippen molar-refractivity contribution in [3.05, 3.63) is 0 Å². The second-order valence-electron chi connectivity index (χ2n) is 6.63. The molecular formula is C20H40CuN2S4. The Bertz CT molecular complexity index is 312. The molecule has 165 valence electrons. The summed E-state index contributed by atoms with van der Waals surface area (Å²) in [5, 5.41) is 0. The fourth-order valence-electron chi connectivity index (χ4n) is 2.39. The summed E-state index contributed by atoms with van der Waals surface area (Å²) < 4.78 is 1.29. The minimum absolute atomic E-state index is 0. The topological polar surface area (TPSA) is 6.48 Å². The predicted octanol–water partition coefficient (Wildman–Crippen LogP) is 6.22. The Balaban J connectivity index is -0.000000411. The molecule has 0 aromatic heterocycles. The van der Waals surface area contributed by atoms with Gasteiger partial charge < -0.3 is 59.5 Å². The molecule has 0 atom stereocenters. The number of unbranched alkanes of at least 4 members (excludes halogenated alkanes) is 6. The Morgan fingerprint density at radius 1 is 0.556 bits per heavy atom. The van der Waals surface area contributed by atoms with Crippen LogP contribution in [0.1, 0.15) is 91.9 Å². The Kier molecular flexibility index (Phi) is 29.7. The van der Waals surface area contributed by atoms with E-state index in [2.05, 4.69) is 37.5 Å². The SMILES string of the molecule is CCCCCN(CCCC)C(=S)[S-].CCCCCN(CCCC)C(=S)[S-].[Cu+2]. The molecule has 2 nitrogen and oxygen atoms in total. The van der Waals surface area contributed by atoms with Crippen molar-refractivity contribution in [2.75, 3.05) is 26.2 Å². The zero-order valence-corrected chi connectivity index (χ0v) is 21.9. The minimum atomic E-state index is 0. The summed E-state index contributed by atoms with van der Waals surface area (Å²) in [6.07, 6.45) is 12.3. The largest absolute Gasteiger partial charge is 2.00 e. The summed E-state index contributed by atoms with van der Waals surface area (Å²) in [6.45, 7) is 13.0. The van der Waals surface area contributed by atoms with Crippen LogP contribution in [-0.2, 0) is 42.3 Å². The maximum absolute atomic E-state index is 5.02. The maximum Gasteiger partial charge on any atom is 2.00 e. The standard InChI is InChI=1S/2C10H21NS2.Cu/c2*1-3-5-7-9-11(10(12)13)8-6-4-2;/h2*3-9H2,1-2H3,(H,12,13);/q;;+2/p-2. The molecule has 0 aromatic rings. The van der Waals surface area contributed by atoms with Crippen LogP contribution < -0.4 is 0 Å². The van der Waals surface area contributed by atoms with Gasteiger partial charge in [-0.1, -0.05) is 74.9 Å². The zero-order chi connectivity index (χ0) is 20.2. The minimum Gasteiger partial charge on any atom is -0.411 e. The van der Waals surface area contributed by atoms with Gasteiger partial charge in [0.15, 0.2) is 0 Å². The van der Waals surface area contributed by atoms with E-state index in [1.807, 2.05) is 0 Å². The average molecular weight is 500 g/mol. The number of hydrogen-bond donors (Lipinski definition) is 0. The van der Waals surface area contributed by atoms with Gasteiger partial charge in [-0.25, -0.2) is 0 Å². The molecule has 0 fully saturated rings. The number of hydrogen-bond acceptors (Lipinski definition) is 4. The second kappa shape index (κ2) is 24.8. The van der Waals surface area contributed by atoms with Gasteiger partial charge in [0.25, 0.3) is 0 Å². The molecule has 0 spiro atoms. The van der Waals surface area contributed by atoms with Gasteiger partial charge in [0.1, 0.15) is 0 Å². The molecule has 0 aromatic carbocycles. The Labute approximate surface area is 202 Å². The summed E-state index contributed by atoms with van der Waals surface area (Å²) >= 11 is 20.1. The van der Waals surface area contributed by atoms with Crippen LogP contribution in [0.2, 0.25) is 0 Å².